The van der Waals surface area contributed by atoms with Gasteiger partial charge in [-0.3, -0.25) is 9.88 Å². The Balaban J connectivity index is 1.56. The van der Waals surface area contributed by atoms with Gasteiger partial charge in [-0.2, -0.15) is 0 Å². The first-order chi connectivity index (χ1) is 12.7. The quantitative estimate of drug-likeness (QED) is 0.779. The molecule has 4 rings (SSSR count). The molecule has 0 saturated carbocycles. The number of benzene rings is 1. The fourth-order valence-corrected chi connectivity index (χ4v) is 3.65. The molecule has 1 N–H and O–H groups in total. The van der Waals surface area contributed by atoms with Gasteiger partial charge in [-0.25, -0.2) is 14.4 Å². The van der Waals surface area contributed by atoms with Crippen molar-refractivity contribution >= 4 is 0 Å². The minimum atomic E-state index is -0.138. The van der Waals surface area contributed by atoms with Gasteiger partial charge in [0.1, 0.15) is 11.5 Å². The number of aromatic nitrogens is 4. The van der Waals surface area contributed by atoms with E-state index < -0.39 is 0 Å². The van der Waals surface area contributed by atoms with Crippen molar-refractivity contribution in [3.8, 4) is 11.5 Å². The lowest BCUT2D eigenvalue weighted by atomic mass is 9.92. The van der Waals surface area contributed by atoms with Crippen molar-refractivity contribution < 1.29 is 4.39 Å². The van der Waals surface area contributed by atoms with Gasteiger partial charge in [0, 0.05) is 48.9 Å². The fourth-order valence-electron chi connectivity index (χ4n) is 3.65. The number of piperidine rings is 1. The molecule has 1 aliphatic heterocycles. The molecular weight excluding hydrogens is 329 g/mol. The highest BCUT2D eigenvalue weighted by atomic mass is 19.1. The average Bonchev–Trinajstić information content (AvgIpc) is 3.10. The lowest BCUT2D eigenvalue weighted by molar-refractivity contribution is 0.196. The van der Waals surface area contributed by atoms with Crippen LogP contribution in [0, 0.1) is 12.7 Å². The first kappa shape index (κ1) is 16.8. The van der Waals surface area contributed by atoms with E-state index in [2.05, 4.69) is 24.8 Å². The third kappa shape index (κ3) is 3.51. The second-order valence-electron chi connectivity index (χ2n) is 6.87. The molecular formula is C20H22FN5. The van der Waals surface area contributed by atoms with E-state index in [0.29, 0.717) is 6.54 Å². The van der Waals surface area contributed by atoms with E-state index in [9.17, 15) is 4.39 Å². The smallest absolute Gasteiger partial charge is 0.158 e. The number of hydrogen-bond donors (Lipinski definition) is 1. The maximum absolute atomic E-state index is 14.0. The third-order valence-corrected chi connectivity index (χ3v) is 4.90. The van der Waals surface area contributed by atoms with Crippen LogP contribution in [0.2, 0.25) is 0 Å². The molecule has 134 valence electrons. The zero-order valence-corrected chi connectivity index (χ0v) is 14.8. The van der Waals surface area contributed by atoms with E-state index in [1.807, 2.05) is 19.1 Å². The normalized spacial score (nSPS) is 18.2. The van der Waals surface area contributed by atoms with Crippen molar-refractivity contribution in [3.63, 3.8) is 0 Å². The first-order valence-corrected chi connectivity index (χ1v) is 8.99. The number of likely N-dealkylation sites (tertiary alicyclic amines) is 1. The summed E-state index contributed by atoms with van der Waals surface area (Å²) in [5.41, 5.74) is 3.54. The van der Waals surface area contributed by atoms with E-state index in [0.717, 1.165) is 54.4 Å². The van der Waals surface area contributed by atoms with Crippen LogP contribution in [0.25, 0.3) is 11.5 Å². The molecule has 1 aliphatic rings. The van der Waals surface area contributed by atoms with Crippen molar-refractivity contribution in [1.29, 1.82) is 0 Å². The summed E-state index contributed by atoms with van der Waals surface area (Å²) in [6.07, 6.45) is 7.37. The molecule has 0 bridgehead atoms. The van der Waals surface area contributed by atoms with Gasteiger partial charge in [0.05, 0.1) is 5.69 Å². The van der Waals surface area contributed by atoms with Gasteiger partial charge in [-0.05, 0) is 32.4 Å². The summed E-state index contributed by atoms with van der Waals surface area (Å²) >= 11 is 0. The highest BCUT2D eigenvalue weighted by Crippen LogP contribution is 2.31. The number of nitrogens with zero attached hydrogens (tertiary/aromatic N) is 4. The monoisotopic (exact) mass is 351 g/mol. The number of aromatic amines is 1. The Morgan fingerprint density at radius 2 is 2.04 bits per heavy atom. The minimum Gasteiger partial charge on any atom is -0.341 e. The second kappa shape index (κ2) is 7.33. The molecule has 0 spiro atoms. The Kier molecular flexibility index (Phi) is 4.75. The molecule has 1 fully saturated rings. The van der Waals surface area contributed by atoms with Gasteiger partial charge >= 0.3 is 0 Å². The van der Waals surface area contributed by atoms with E-state index in [1.165, 1.54) is 6.07 Å². The zero-order chi connectivity index (χ0) is 17.9. The Morgan fingerprint density at radius 1 is 1.19 bits per heavy atom. The zero-order valence-electron chi connectivity index (χ0n) is 14.8. The van der Waals surface area contributed by atoms with E-state index >= 15 is 0 Å². The lowest BCUT2D eigenvalue weighted by Gasteiger charge is -2.32. The maximum Gasteiger partial charge on any atom is 0.158 e. The molecule has 26 heavy (non-hydrogen) atoms. The summed E-state index contributed by atoms with van der Waals surface area (Å²) in [4.78, 5) is 19.1. The molecule has 2 aromatic heterocycles. The highest BCUT2D eigenvalue weighted by molar-refractivity contribution is 5.53. The largest absolute Gasteiger partial charge is 0.341 e. The SMILES string of the molecule is Cc1cnc(-c2nccnc2[C@@H]2CCCN(Cc3ccccc3F)C2)[nH]1. The summed E-state index contributed by atoms with van der Waals surface area (Å²) in [5.74, 6) is 0.891. The van der Waals surface area contributed by atoms with E-state index in [-0.39, 0.29) is 11.7 Å². The third-order valence-electron chi connectivity index (χ3n) is 4.90. The number of halogens is 1. The summed E-state index contributed by atoms with van der Waals surface area (Å²) in [5, 5.41) is 0. The van der Waals surface area contributed by atoms with Gasteiger partial charge in [0.15, 0.2) is 5.82 Å². The summed E-state index contributed by atoms with van der Waals surface area (Å²) in [6.45, 7) is 4.42. The Hall–Kier alpha value is -2.60. The van der Waals surface area contributed by atoms with Crippen LogP contribution in [0.4, 0.5) is 4.39 Å². The summed E-state index contributed by atoms with van der Waals surface area (Å²) in [7, 11) is 0. The molecule has 1 aromatic carbocycles. The van der Waals surface area contributed by atoms with Crippen molar-refractivity contribution in [1.82, 2.24) is 24.8 Å². The summed E-state index contributed by atoms with van der Waals surface area (Å²) < 4.78 is 14.0. The van der Waals surface area contributed by atoms with Gasteiger partial charge in [0.2, 0.25) is 0 Å². The van der Waals surface area contributed by atoms with E-state index in [1.54, 1.807) is 24.7 Å². The molecule has 0 unspecified atom stereocenters. The number of imidazole rings is 1. The van der Waals surface area contributed by atoms with E-state index in [4.69, 9.17) is 0 Å². The maximum atomic E-state index is 14.0. The molecule has 1 saturated heterocycles. The topological polar surface area (TPSA) is 57.7 Å². The molecule has 6 heteroatoms. The fraction of sp³-hybridized carbons (Fsp3) is 0.350. The number of hydrogen-bond acceptors (Lipinski definition) is 4. The van der Waals surface area contributed by atoms with Crippen molar-refractivity contribution in [2.45, 2.75) is 32.2 Å². The predicted molar refractivity (Wildman–Crippen MR) is 98.0 cm³/mol. The highest BCUT2D eigenvalue weighted by Gasteiger charge is 2.26. The number of aryl methyl sites for hydroxylation is 1. The predicted octanol–water partition coefficient (Wildman–Crippen LogP) is 3.69. The van der Waals surface area contributed by atoms with Crippen LogP contribution in [-0.2, 0) is 6.54 Å². The summed E-state index contributed by atoms with van der Waals surface area (Å²) in [6, 6.07) is 7.00. The van der Waals surface area contributed by atoms with Crippen LogP contribution in [0.1, 0.15) is 35.7 Å². The number of rotatable bonds is 4. The molecule has 3 heterocycles. The number of nitrogens with one attached hydrogen (secondary N) is 1. The van der Waals surface area contributed by atoms with Gasteiger partial charge in [-0.1, -0.05) is 18.2 Å². The van der Waals surface area contributed by atoms with Crippen molar-refractivity contribution in [2.75, 3.05) is 13.1 Å². The van der Waals surface area contributed by atoms with Crippen LogP contribution < -0.4 is 0 Å². The standard InChI is InChI=1S/C20H22FN5/c1-14-11-24-20(25-14)19-18(22-8-9-23-19)16-6-4-10-26(13-16)12-15-5-2-3-7-17(15)21/h2-3,5,7-9,11,16H,4,6,10,12-13H2,1H3,(H,24,25)/t16-/m1/s1. The van der Waals surface area contributed by atoms with Crippen LogP contribution in [0.3, 0.4) is 0 Å². The molecule has 5 nitrogen and oxygen atoms in total. The second-order valence-corrected chi connectivity index (χ2v) is 6.87. The van der Waals surface area contributed by atoms with Gasteiger partial charge < -0.3 is 4.98 Å². The van der Waals surface area contributed by atoms with Gasteiger partial charge in [-0.15, -0.1) is 0 Å². The van der Waals surface area contributed by atoms with Crippen LogP contribution in [0.15, 0.2) is 42.9 Å². The van der Waals surface area contributed by atoms with Crippen LogP contribution in [0.5, 0.6) is 0 Å². The van der Waals surface area contributed by atoms with Crippen molar-refractivity contribution in [3.05, 3.63) is 65.6 Å². The van der Waals surface area contributed by atoms with Crippen molar-refractivity contribution in [2.24, 2.45) is 0 Å². The molecule has 1 atom stereocenters. The van der Waals surface area contributed by atoms with Crippen LogP contribution in [-0.4, -0.2) is 37.9 Å². The molecule has 0 aliphatic carbocycles. The molecule has 0 radical (unpaired) electrons. The Morgan fingerprint density at radius 3 is 2.85 bits per heavy atom. The lowest BCUT2D eigenvalue weighted by Crippen LogP contribution is -2.34. The van der Waals surface area contributed by atoms with Crippen LogP contribution >= 0.6 is 0 Å². The molecule has 0 amide bonds. The number of H-pyrrole nitrogens is 1. The Labute approximate surface area is 152 Å². The Bertz CT molecular complexity index is 891. The minimum absolute atomic E-state index is 0.138. The molecule has 3 aromatic rings. The first-order valence-electron chi connectivity index (χ1n) is 8.99. The average molecular weight is 351 g/mol. The van der Waals surface area contributed by atoms with Gasteiger partial charge in [0.25, 0.3) is 0 Å².